The molecule has 1 aliphatic rings. The molecule has 4 heteroatoms. The summed E-state index contributed by atoms with van der Waals surface area (Å²) in [4.78, 5) is 11.4. The Balaban J connectivity index is 2.03. The summed E-state index contributed by atoms with van der Waals surface area (Å²) in [6.07, 6.45) is 3.52. The fraction of sp³-hybridized carbons (Fsp3) is 0.923. The Morgan fingerprint density at radius 1 is 1.47 bits per heavy atom. The lowest BCUT2D eigenvalue weighted by molar-refractivity contribution is -0.121. The third-order valence-corrected chi connectivity index (χ3v) is 2.83. The quantitative estimate of drug-likeness (QED) is 0.557. The zero-order valence-electron chi connectivity index (χ0n) is 11.3. The molecule has 0 aromatic rings. The van der Waals surface area contributed by atoms with Crippen LogP contribution in [0.15, 0.2) is 0 Å². The van der Waals surface area contributed by atoms with Gasteiger partial charge in [-0.25, -0.2) is 0 Å². The normalized spacial score (nSPS) is 19.1. The van der Waals surface area contributed by atoms with Crippen molar-refractivity contribution < 1.29 is 9.90 Å². The van der Waals surface area contributed by atoms with E-state index in [9.17, 15) is 9.90 Å². The first-order valence-corrected chi connectivity index (χ1v) is 6.61. The molecular formula is C13H26N2O2. The van der Waals surface area contributed by atoms with Gasteiger partial charge in [0.15, 0.2) is 0 Å². The topological polar surface area (TPSA) is 61.4 Å². The molecule has 0 aromatic heterocycles. The zero-order chi connectivity index (χ0) is 12.9. The number of carbonyl (C=O) groups is 1. The fourth-order valence-corrected chi connectivity index (χ4v) is 2.04. The minimum absolute atomic E-state index is 0.114. The smallest absolute Gasteiger partial charge is 0.221 e. The molecule has 0 radical (unpaired) electrons. The highest BCUT2D eigenvalue weighted by molar-refractivity contribution is 5.76. The van der Waals surface area contributed by atoms with Crippen molar-refractivity contribution in [1.29, 1.82) is 0 Å². The maximum atomic E-state index is 11.4. The lowest BCUT2D eigenvalue weighted by Crippen LogP contribution is -2.40. The average Bonchev–Trinajstić information content (AvgIpc) is 2.94. The molecule has 3 N–H and O–H groups in total. The summed E-state index contributed by atoms with van der Waals surface area (Å²) in [5, 5.41) is 16.1. The molecule has 1 atom stereocenters. The number of aliphatic hydroxyl groups is 1. The summed E-state index contributed by atoms with van der Waals surface area (Å²) >= 11 is 0. The Morgan fingerprint density at radius 2 is 2.12 bits per heavy atom. The molecule has 4 nitrogen and oxygen atoms in total. The second-order valence-corrected chi connectivity index (χ2v) is 5.86. The lowest BCUT2D eigenvalue weighted by Gasteiger charge is -2.25. The molecule has 0 bridgehead atoms. The summed E-state index contributed by atoms with van der Waals surface area (Å²) in [7, 11) is 0. The van der Waals surface area contributed by atoms with E-state index in [1.54, 1.807) is 0 Å². The number of amides is 1. The second kappa shape index (κ2) is 6.36. The SMILES string of the molecule is CC(C)CC(C)(O)CNCCC(=O)NC1CC1. The van der Waals surface area contributed by atoms with Gasteiger partial charge in [-0.3, -0.25) is 4.79 Å². The molecule has 1 saturated carbocycles. The van der Waals surface area contributed by atoms with Gasteiger partial charge >= 0.3 is 0 Å². The summed E-state index contributed by atoms with van der Waals surface area (Å²) in [5.41, 5.74) is -0.679. The fourth-order valence-electron chi connectivity index (χ4n) is 2.04. The molecule has 0 spiro atoms. The highest BCUT2D eigenvalue weighted by Crippen LogP contribution is 2.18. The van der Waals surface area contributed by atoms with E-state index in [0.29, 0.717) is 31.5 Å². The van der Waals surface area contributed by atoms with Crippen LogP contribution in [0.4, 0.5) is 0 Å². The van der Waals surface area contributed by atoms with E-state index < -0.39 is 5.60 Å². The standard InChI is InChI=1S/C13H26N2O2/c1-10(2)8-13(3,17)9-14-7-6-12(16)15-11-4-5-11/h10-11,14,17H,4-9H2,1-3H3,(H,15,16). The Morgan fingerprint density at radius 3 is 2.65 bits per heavy atom. The van der Waals surface area contributed by atoms with E-state index in [4.69, 9.17) is 0 Å². The Kier molecular flexibility index (Phi) is 5.40. The van der Waals surface area contributed by atoms with E-state index in [2.05, 4.69) is 24.5 Å². The van der Waals surface area contributed by atoms with Crippen LogP contribution in [0.1, 0.15) is 46.5 Å². The Hall–Kier alpha value is -0.610. The molecule has 1 amide bonds. The molecule has 17 heavy (non-hydrogen) atoms. The van der Waals surface area contributed by atoms with Gasteiger partial charge in [-0.1, -0.05) is 13.8 Å². The van der Waals surface area contributed by atoms with Crippen LogP contribution in [0.5, 0.6) is 0 Å². The van der Waals surface area contributed by atoms with Crippen LogP contribution < -0.4 is 10.6 Å². The van der Waals surface area contributed by atoms with Crippen molar-refractivity contribution in [2.24, 2.45) is 5.92 Å². The second-order valence-electron chi connectivity index (χ2n) is 5.86. The van der Waals surface area contributed by atoms with E-state index in [1.165, 1.54) is 0 Å². The largest absolute Gasteiger partial charge is 0.389 e. The number of hydrogen-bond acceptors (Lipinski definition) is 3. The average molecular weight is 242 g/mol. The van der Waals surface area contributed by atoms with Gasteiger partial charge in [0.25, 0.3) is 0 Å². The van der Waals surface area contributed by atoms with Gasteiger partial charge in [0.2, 0.25) is 5.91 Å². The van der Waals surface area contributed by atoms with Crippen LogP contribution >= 0.6 is 0 Å². The van der Waals surface area contributed by atoms with Gasteiger partial charge < -0.3 is 15.7 Å². The molecule has 0 aliphatic heterocycles. The molecule has 1 fully saturated rings. The van der Waals surface area contributed by atoms with Crippen molar-refractivity contribution >= 4 is 5.91 Å². The first-order chi connectivity index (χ1) is 7.89. The maximum Gasteiger partial charge on any atom is 0.221 e. The van der Waals surface area contributed by atoms with Crippen LogP contribution in [0, 0.1) is 5.92 Å². The number of hydrogen-bond donors (Lipinski definition) is 3. The van der Waals surface area contributed by atoms with Gasteiger partial charge in [0.1, 0.15) is 0 Å². The molecule has 0 heterocycles. The minimum Gasteiger partial charge on any atom is -0.389 e. The first-order valence-electron chi connectivity index (χ1n) is 6.61. The molecule has 0 saturated heterocycles. The van der Waals surface area contributed by atoms with Crippen molar-refractivity contribution in [3.05, 3.63) is 0 Å². The van der Waals surface area contributed by atoms with Crippen molar-refractivity contribution in [3.8, 4) is 0 Å². The van der Waals surface area contributed by atoms with Gasteiger partial charge in [0, 0.05) is 25.6 Å². The molecule has 1 aliphatic carbocycles. The van der Waals surface area contributed by atoms with Crippen LogP contribution in [-0.2, 0) is 4.79 Å². The van der Waals surface area contributed by atoms with Gasteiger partial charge in [-0.05, 0) is 32.1 Å². The van der Waals surface area contributed by atoms with Gasteiger partial charge in [-0.2, -0.15) is 0 Å². The third-order valence-electron chi connectivity index (χ3n) is 2.83. The Bertz CT molecular complexity index is 248. The van der Waals surface area contributed by atoms with E-state index in [1.807, 2.05) is 6.92 Å². The van der Waals surface area contributed by atoms with Crippen molar-refractivity contribution in [3.63, 3.8) is 0 Å². The summed E-state index contributed by atoms with van der Waals surface area (Å²) in [6, 6.07) is 0.437. The van der Waals surface area contributed by atoms with Crippen molar-refractivity contribution in [2.45, 2.75) is 58.1 Å². The Labute approximate surface area is 104 Å². The predicted molar refractivity (Wildman–Crippen MR) is 68.7 cm³/mol. The molecule has 1 unspecified atom stereocenters. The summed E-state index contributed by atoms with van der Waals surface area (Å²) < 4.78 is 0. The number of rotatable bonds is 8. The minimum atomic E-state index is -0.679. The summed E-state index contributed by atoms with van der Waals surface area (Å²) in [5.74, 6) is 0.591. The molecule has 0 aromatic carbocycles. The van der Waals surface area contributed by atoms with E-state index in [0.717, 1.165) is 19.3 Å². The molecular weight excluding hydrogens is 216 g/mol. The maximum absolute atomic E-state index is 11.4. The highest BCUT2D eigenvalue weighted by atomic mass is 16.3. The van der Waals surface area contributed by atoms with Crippen LogP contribution in [0.3, 0.4) is 0 Å². The van der Waals surface area contributed by atoms with E-state index in [-0.39, 0.29) is 5.91 Å². The van der Waals surface area contributed by atoms with Crippen molar-refractivity contribution in [1.82, 2.24) is 10.6 Å². The monoisotopic (exact) mass is 242 g/mol. The van der Waals surface area contributed by atoms with Crippen LogP contribution in [-0.4, -0.2) is 35.7 Å². The number of nitrogens with one attached hydrogen (secondary N) is 2. The van der Waals surface area contributed by atoms with Gasteiger partial charge in [0.05, 0.1) is 5.60 Å². The van der Waals surface area contributed by atoms with Crippen molar-refractivity contribution in [2.75, 3.05) is 13.1 Å². The zero-order valence-corrected chi connectivity index (χ0v) is 11.3. The lowest BCUT2D eigenvalue weighted by atomic mass is 9.94. The van der Waals surface area contributed by atoms with Crippen LogP contribution in [0.2, 0.25) is 0 Å². The van der Waals surface area contributed by atoms with E-state index >= 15 is 0 Å². The predicted octanol–water partition coefficient (Wildman–Crippen LogP) is 1.04. The molecule has 100 valence electrons. The van der Waals surface area contributed by atoms with Gasteiger partial charge in [-0.15, -0.1) is 0 Å². The van der Waals surface area contributed by atoms with Crippen LogP contribution in [0.25, 0.3) is 0 Å². The molecule has 1 rings (SSSR count). The number of carbonyl (C=O) groups excluding carboxylic acids is 1. The first kappa shape index (κ1) is 14.5. The third kappa shape index (κ3) is 7.34. The summed E-state index contributed by atoms with van der Waals surface area (Å²) in [6.45, 7) is 7.20. The highest BCUT2D eigenvalue weighted by Gasteiger charge is 2.23.